The Morgan fingerprint density at radius 1 is 0.553 bits per heavy atom. The molecule has 0 unspecified atom stereocenters. The first kappa shape index (κ1) is 23.8. The van der Waals surface area contributed by atoms with Gasteiger partial charge in [-0.15, -0.1) is 18.7 Å². The van der Waals surface area contributed by atoms with Crippen molar-refractivity contribution < 1.29 is 28.5 Å². The summed E-state index contributed by atoms with van der Waals surface area (Å²) in [5.74, 6) is -0.730. The molecule has 2 heterocycles. The summed E-state index contributed by atoms with van der Waals surface area (Å²) >= 11 is 0. The summed E-state index contributed by atoms with van der Waals surface area (Å²) in [5.41, 5.74) is 2.99. The van der Waals surface area contributed by atoms with Crippen molar-refractivity contribution in [3.05, 3.63) is 93.6 Å². The molecule has 6 rings (SSSR count). The zero-order chi connectivity index (χ0) is 26.6. The molecule has 4 aromatic rings. The third kappa shape index (κ3) is 3.55. The highest BCUT2D eigenvalue weighted by Gasteiger charge is 2.42. The van der Waals surface area contributed by atoms with E-state index in [9.17, 15) is 19.2 Å². The molecule has 2 aliphatic carbocycles. The normalized spacial score (nSPS) is 13.8. The second kappa shape index (κ2) is 9.05. The lowest BCUT2D eigenvalue weighted by Gasteiger charge is -2.11. The number of hydrogen-bond acceptors (Lipinski definition) is 6. The van der Waals surface area contributed by atoms with Gasteiger partial charge in [-0.3, -0.25) is 19.2 Å². The second-order valence-corrected chi connectivity index (χ2v) is 9.69. The maximum absolute atomic E-state index is 13.1. The topological polar surface area (TPSA) is 112 Å². The Morgan fingerprint density at radius 3 is 1.26 bits per heavy atom. The fraction of sp³-hybridized carbons (Fsp3) is 0.286. The third-order valence-electron chi connectivity index (χ3n) is 7.28. The first-order chi connectivity index (χ1) is 18.4. The van der Waals surface area contributed by atoms with E-state index in [1.165, 1.54) is 9.36 Å². The molecule has 0 atom stereocenters. The SMILES string of the molecule is C[n+]1nn(CCCCCCn2n[n+](C)c3c2C(=O)c2ccccc2C3=O)c2c1C(=O)c1ccccc1C2=O. The first-order valence-corrected chi connectivity index (χ1v) is 12.7. The molecule has 2 aromatic carbocycles. The molecule has 190 valence electrons. The minimum atomic E-state index is -0.185. The molecular formula is C28H26N6O4+2. The summed E-state index contributed by atoms with van der Waals surface area (Å²) in [6.45, 7) is 1.03. The van der Waals surface area contributed by atoms with E-state index >= 15 is 0 Å². The van der Waals surface area contributed by atoms with Gasteiger partial charge in [-0.25, -0.2) is 0 Å². The van der Waals surface area contributed by atoms with E-state index in [0.717, 1.165) is 25.7 Å². The third-order valence-corrected chi connectivity index (χ3v) is 7.28. The zero-order valence-corrected chi connectivity index (χ0v) is 21.2. The van der Waals surface area contributed by atoms with Gasteiger partial charge in [0.05, 0.1) is 10.4 Å². The van der Waals surface area contributed by atoms with Crippen LogP contribution in [0.3, 0.4) is 0 Å². The van der Waals surface area contributed by atoms with Crippen molar-refractivity contribution >= 4 is 23.1 Å². The number of rotatable bonds is 7. The van der Waals surface area contributed by atoms with Gasteiger partial charge in [-0.2, -0.15) is 0 Å². The standard InChI is InChI=1S/C28H26N6O4/c1-31-21-23(27(37)19-13-7-5-11-17(19)25(21)35)33(29-31)15-9-3-4-10-16-34-24-22(32(2)30-34)26(36)18-12-6-8-14-20(18)28(24)38/h5-8,11-14H,3-4,9-10,15-16H2,1-2H3/q+2. The van der Waals surface area contributed by atoms with Crippen molar-refractivity contribution in [3.8, 4) is 0 Å². The highest BCUT2D eigenvalue weighted by molar-refractivity contribution is 6.27. The van der Waals surface area contributed by atoms with E-state index in [-0.39, 0.29) is 23.1 Å². The number of benzene rings is 2. The van der Waals surface area contributed by atoms with Crippen LogP contribution in [-0.4, -0.2) is 42.9 Å². The average molecular weight is 511 g/mol. The van der Waals surface area contributed by atoms with Crippen LogP contribution in [0, 0.1) is 0 Å². The number of aryl methyl sites for hydroxylation is 4. The van der Waals surface area contributed by atoms with Gasteiger partial charge in [0, 0.05) is 22.3 Å². The van der Waals surface area contributed by atoms with Crippen LogP contribution in [0.15, 0.2) is 48.5 Å². The molecule has 0 bridgehead atoms. The minimum Gasteiger partial charge on any atom is -0.284 e. The van der Waals surface area contributed by atoms with Gasteiger partial charge < -0.3 is 0 Å². The van der Waals surface area contributed by atoms with E-state index in [0.29, 0.717) is 58.1 Å². The highest BCUT2D eigenvalue weighted by Crippen LogP contribution is 2.26. The van der Waals surface area contributed by atoms with Crippen LogP contribution in [0.5, 0.6) is 0 Å². The van der Waals surface area contributed by atoms with Gasteiger partial charge in [0.1, 0.15) is 27.2 Å². The molecule has 0 saturated heterocycles. The summed E-state index contributed by atoms with van der Waals surface area (Å²) in [4.78, 5) is 52.2. The molecule has 0 amide bonds. The molecule has 0 aliphatic heterocycles. The van der Waals surface area contributed by atoms with Gasteiger partial charge in [0.2, 0.25) is 45.9 Å². The molecule has 0 N–H and O–H groups in total. The van der Waals surface area contributed by atoms with Gasteiger partial charge in [0.15, 0.2) is 0 Å². The largest absolute Gasteiger partial charge is 0.284 e. The van der Waals surface area contributed by atoms with Crippen LogP contribution < -0.4 is 9.36 Å². The summed E-state index contributed by atoms with van der Waals surface area (Å²) < 4.78 is 6.25. The maximum atomic E-state index is 13.1. The molecule has 0 fully saturated rings. The van der Waals surface area contributed by atoms with Crippen LogP contribution >= 0.6 is 0 Å². The van der Waals surface area contributed by atoms with Crippen molar-refractivity contribution in [2.45, 2.75) is 38.8 Å². The number of unbranched alkanes of at least 4 members (excludes halogenated alkanes) is 3. The van der Waals surface area contributed by atoms with E-state index in [1.54, 1.807) is 72.0 Å². The molecule has 10 nitrogen and oxygen atoms in total. The van der Waals surface area contributed by atoms with Crippen molar-refractivity contribution in [3.63, 3.8) is 0 Å². The minimum absolute atomic E-state index is 0.180. The van der Waals surface area contributed by atoms with Crippen LogP contribution in [0.25, 0.3) is 0 Å². The Kier molecular flexibility index (Phi) is 5.67. The number of carbonyl (C=O) groups is 4. The van der Waals surface area contributed by atoms with Gasteiger partial charge in [0.25, 0.3) is 0 Å². The number of nitrogens with zero attached hydrogens (tertiary/aromatic N) is 6. The van der Waals surface area contributed by atoms with Crippen molar-refractivity contribution in [1.82, 2.24) is 19.8 Å². The zero-order valence-electron chi connectivity index (χ0n) is 21.2. The van der Waals surface area contributed by atoms with E-state index in [1.807, 2.05) is 0 Å². The molecule has 2 aliphatic rings. The van der Waals surface area contributed by atoms with Crippen LogP contribution in [0.1, 0.15) is 89.9 Å². The lowest BCUT2D eigenvalue weighted by molar-refractivity contribution is -0.733. The fourth-order valence-electron chi connectivity index (χ4n) is 5.47. The summed E-state index contributed by atoms with van der Waals surface area (Å²) in [6.07, 6.45) is 3.27. The maximum Gasteiger partial charge on any atom is 0.249 e. The van der Waals surface area contributed by atoms with Gasteiger partial charge in [-0.05, 0) is 25.7 Å². The van der Waals surface area contributed by atoms with E-state index < -0.39 is 0 Å². The lowest BCUT2D eigenvalue weighted by Crippen LogP contribution is -2.39. The molecular weight excluding hydrogens is 484 g/mol. The molecule has 2 aromatic heterocycles. The molecule has 0 saturated carbocycles. The molecule has 0 spiro atoms. The number of aromatic nitrogens is 6. The van der Waals surface area contributed by atoms with Crippen molar-refractivity contribution in [1.29, 1.82) is 0 Å². The number of carbonyl (C=O) groups excluding carboxylic acids is 4. The van der Waals surface area contributed by atoms with E-state index in [4.69, 9.17) is 0 Å². The van der Waals surface area contributed by atoms with Crippen molar-refractivity contribution in [2.24, 2.45) is 14.1 Å². The Balaban J connectivity index is 1.10. The van der Waals surface area contributed by atoms with Crippen LogP contribution in [0.2, 0.25) is 0 Å². The van der Waals surface area contributed by atoms with E-state index in [2.05, 4.69) is 10.4 Å². The number of ketones is 4. The first-order valence-electron chi connectivity index (χ1n) is 12.7. The monoisotopic (exact) mass is 510 g/mol. The lowest BCUT2D eigenvalue weighted by atomic mass is 9.90. The Bertz CT molecular complexity index is 1550. The molecule has 38 heavy (non-hydrogen) atoms. The number of hydrogen-bond donors (Lipinski definition) is 0. The highest BCUT2D eigenvalue weighted by atomic mass is 16.2. The number of fused-ring (bicyclic) bond motifs is 4. The fourth-order valence-corrected chi connectivity index (χ4v) is 5.47. The van der Waals surface area contributed by atoms with Crippen LogP contribution in [0.4, 0.5) is 0 Å². The van der Waals surface area contributed by atoms with Crippen molar-refractivity contribution in [2.75, 3.05) is 0 Å². The smallest absolute Gasteiger partial charge is 0.249 e. The summed E-state index contributed by atoms with van der Waals surface area (Å²) in [7, 11) is 3.37. The summed E-state index contributed by atoms with van der Waals surface area (Å²) in [5, 5.41) is 8.86. The van der Waals surface area contributed by atoms with Gasteiger partial charge >= 0.3 is 0 Å². The molecule has 10 heteroatoms. The Labute approximate surface area is 218 Å². The average Bonchev–Trinajstić information content (AvgIpc) is 3.44. The van der Waals surface area contributed by atoms with Crippen LogP contribution in [-0.2, 0) is 27.2 Å². The predicted molar refractivity (Wildman–Crippen MR) is 132 cm³/mol. The van der Waals surface area contributed by atoms with Gasteiger partial charge in [-0.1, -0.05) is 48.5 Å². The summed E-state index contributed by atoms with van der Waals surface area (Å²) in [6, 6.07) is 13.7. The predicted octanol–water partition coefficient (Wildman–Crippen LogP) is 1.54. The quantitative estimate of drug-likeness (QED) is 0.238. The Hall–Kier alpha value is -4.60. The second-order valence-electron chi connectivity index (χ2n) is 9.69. The Morgan fingerprint density at radius 2 is 0.895 bits per heavy atom. The molecule has 0 radical (unpaired) electrons.